The molecule has 0 aromatic rings. The van der Waals surface area contributed by atoms with E-state index in [1.807, 2.05) is 0 Å². The Morgan fingerprint density at radius 3 is 2.19 bits per heavy atom. The molecule has 2 rings (SSSR count). The largest absolute Gasteiger partial charge is 0.479 e. The number of rotatable bonds is 3. The van der Waals surface area contributed by atoms with Gasteiger partial charge in [-0.1, -0.05) is 0 Å². The van der Waals surface area contributed by atoms with Crippen molar-refractivity contribution in [3.8, 4) is 0 Å². The van der Waals surface area contributed by atoms with E-state index in [2.05, 4.69) is 0 Å². The summed E-state index contributed by atoms with van der Waals surface area (Å²) in [7, 11) is 0. The van der Waals surface area contributed by atoms with Crippen LogP contribution in [-0.2, 0) is 14.4 Å². The van der Waals surface area contributed by atoms with Gasteiger partial charge in [0.2, 0.25) is 11.8 Å². The highest BCUT2D eigenvalue weighted by Crippen LogP contribution is 2.44. The molecule has 1 aliphatic heterocycles. The Kier molecular flexibility index (Phi) is 2.48. The van der Waals surface area contributed by atoms with Crippen LogP contribution < -0.4 is 0 Å². The number of carbonyl (C=O) groups excluding carboxylic acids is 2. The highest BCUT2D eigenvalue weighted by Gasteiger charge is 2.55. The summed E-state index contributed by atoms with van der Waals surface area (Å²) in [5.74, 6) is -1.82. The van der Waals surface area contributed by atoms with Gasteiger partial charge in [-0.2, -0.15) is 0 Å². The van der Waals surface area contributed by atoms with Crippen LogP contribution in [-0.4, -0.2) is 33.3 Å². The van der Waals surface area contributed by atoms with E-state index in [9.17, 15) is 19.5 Å². The summed E-state index contributed by atoms with van der Waals surface area (Å²) in [6.07, 6.45) is 2.65. The first-order chi connectivity index (χ1) is 7.48. The molecule has 1 saturated heterocycles. The monoisotopic (exact) mass is 225 g/mol. The van der Waals surface area contributed by atoms with Crippen molar-refractivity contribution in [2.75, 3.05) is 0 Å². The molecule has 2 aliphatic rings. The standard InChI is InChI=1S/C11H15NO4/c1-11(10(15)16,7-5-6-7)12-8(13)3-2-4-9(12)14/h7H,2-6H2,1H3,(H,15,16). The third-order valence-electron chi connectivity index (χ3n) is 3.55. The number of carboxylic acids is 1. The highest BCUT2D eigenvalue weighted by molar-refractivity contribution is 6.02. The lowest BCUT2D eigenvalue weighted by atomic mass is 9.90. The molecule has 0 radical (unpaired) electrons. The molecule has 0 bridgehead atoms. The smallest absolute Gasteiger partial charge is 0.330 e. The van der Waals surface area contributed by atoms with E-state index >= 15 is 0 Å². The Balaban J connectivity index is 2.34. The Morgan fingerprint density at radius 2 is 1.81 bits per heavy atom. The fraction of sp³-hybridized carbons (Fsp3) is 0.727. The van der Waals surface area contributed by atoms with Crippen LogP contribution in [0.2, 0.25) is 0 Å². The quantitative estimate of drug-likeness (QED) is 0.720. The van der Waals surface area contributed by atoms with Crippen molar-refractivity contribution in [2.45, 2.75) is 44.6 Å². The van der Waals surface area contributed by atoms with Gasteiger partial charge < -0.3 is 5.11 Å². The van der Waals surface area contributed by atoms with Crippen LogP contribution >= 0.6 is 0 Å². The first kappa shape index (κ1) is 11.1. The zero-order chi connectivity index (χ0) is 11.9. The molecule has 1 heterocycles. The van der Waals surface area contributed by atoms with E-state index in [0.29, 0.717) is 6.42 Å². The van der Waals surface area contributed by atoms with Crippen molar-refractivity contribution in [1.82, 2.24) is 4.90 Å². The zero-order valence-electron chi connectivity index (χ0n) is 9.23. The van der Waals surface area contributed by atoms with Crippen molar-refractivity contribution in [3.63, 3.8) is 0 Å². The van der Waals surface area contributed by atoms with Crippen LogP contribution in [0.1, 0.15) is 39.0 Å². The van der Waals surface area contributed by atoms with E-state index in [1.165, 1.54) is 6.92 Å². The van der Waals surface area contributed by atoms with Crippen LogP contribution in [0, 0.1) is 5.92 Å². The second-order valence-electron chi connectivity index (χ2n) is 4.70. The minimum absolute atomic E-state index is 0.0731. The molecule has 1 unspecified atom stereocenters. The normalized spacial score (nSPS) is 25.4. The van der Waals surface area contributed by atoms with Gasteiger partial charge in [-0.3, -0.25) is 14.5 Å². The maximum absolute atomic E-state index is 11.7. The van der Waals surface area contributed by atoms with Crippen molar-refractivity contribution in [2.24, 2.45) is 5.92 Å². The summed E-state index contributed by atoms with van der Waals surface area (Å²) < 4.78 is 0. The number of amides is 2. The number of hydrogen-bond acceptors (Lipinski definition) is 3. The number of hydrogen-bond donors (Lipinski definition) is 1. The van der Waals surface area contributed by atoms with Crippen LogP contribution in [0.15, 0.2) is 0 Å². The van der Waals surface area contributed by atoms with Gasteiger partial charge in [-0.25, -0.2) is 4.79 Å². The maximum atomic E-state index is 11.7. The van der Waals surface area contributed by atoms with Gasteiger partial charge >= 0.3 is 5.97 Å². The second-order valence-corrected chi connectivity index (χ2v) is 4.70. The SMILES string of the molecule is CC(C(=O)O)(C1CC1)N1C(=O)CCCC1=O. The number of likely N-dealkylation sites (tertiary alicyclic amines) is 1. The first-order valence-electron chi connectivity index (χ1n) is 5.57. The van der Waals surface area contributed by atoms with Crippen molar-refractivity contribution in [3.05, 3.63) is 0 Å². The first-order valence-corrected chi connectivity index (χ1v) is 5.57. The summed E-state index contributed by atoms with van der Waals surface area (Å²) in [5.41, 5.74) is -1.32. The van der Waals surface area contributed by atoms with Gasteiger partial charge in [0.25, 0.3) is 0 Å². The number of carbonyl (C=O) groups is 3. The third kappa shape index (κ3) is 1.50. The van der Waals surface area contributed by atoms with Crippen LogP contribution in [0.3, 0.4) is 0 Å². The molecule has 16 heavy (non-hydrogen) atoms. The topological polar surface area (TPSA) is 74.7 Å². The van der Waals surface area contributed by atoms with Gasteiger partial charge in [0.05, 0.1) is 0 Å². The summed E-state index contributed by atoms with van der Waals surface area (Å²) >= 11 is 0. The molecule has 5 heteroatoms. The molecular weight excluding hydrogens is 210 g/mol. The Bertz CT molecular complexity index is 345. The minimum atomic E-state index is -1.32. The second kappa shape index (κ2) is 3.57. The average molecular weight is 225 g/mol. The number of aliphatic carboxylic acids is 1. The molecule has 1 aliphatic carbocycles. The fourth-order valence-corrected chi connectivity index (χ4v) is 2.37. The Labute approximate surface area is 93.4 Å². The van der Waals surface area contributed by atoms with Crippen molar-refractivity contribution in [1.29, 1.82) is 0 Å². The van der Waals surface area contributed by atoms with Crippen LogP contribution in [0.5, 0.6) is 0 Å². The molecule has 88 valence electrons. The van der Waals surface area contributed by atoms with Crippen LogP contribution in [0.4, 0.5) is 0 Å². The molecular formula is C11H15NO4. The van der Waals surface area contributed by atoms with Crippen molar-refractivity contribution >= 4 is 17.8 Å². The van der Waals surface area contributed by atoms with E-state index in [-0.39, 0.29) is 30.6 Å². The zero-order valence-corrected chi connectivity index (χ0v) is 9.23. The fourth-order valence-electron chi connectivity index (χ4n) is 2.37. The van der Waals surface area contributed by atoms with Crippen LogP contribution in [0.25, 0.3) is 0 Å². The van der Waals surface area contributed by atoms with Gasteiger partial charge in [0, 0.05) is 12.8 Å². The molecule has 2 fully saturated rings. The number of carboxylic acid groups (broad SMARTS) is 1. The van der Waals surface area contributed by atoms with E-state index in [0.717, 1.165) is 17.7 Å². The maximum Gasteiger partial charge on any atom is 0.330 e. The molecule has 0 aromatic heterocycles. The van der Waals surface area contributed by atoms with Gasteiger partial charge in [-0.15, -0.1) is 0 Å². The summed E-state index contributed by atoms with van der Waals surface area (Å²) in [5, 5.41) is 9.28. The Morgan fingerprint density at radius 1 is 1.31 bits per heavy atom. The molecule has 1 atom stereocenters. The predicted octanol–water partition coefficient (Wildman–Crippen LogP) is 0.779. The minimum Gasteiger partial charge on any atom is -0.479 e. The Hall–Kier alpha value is -1.39. The van der Waals surface area contributed by atoms with Gasteiger partial charge in [-0.05, 0) is 32.1 Å². The number of nitrogens with zero attached hydrogens (tertiary/aromatic N) is 1. The number of imide groups is 1. The lowest BCUT2D eigenvalue weighted by molar-refractivity contribution is -0.169. The molecule has 5 nitrogen and oxygen atoms in total. The highest BCUT2D eigenvalue weighted by atomic mass is 16.4. The summed E-state index contributed by atoms with van der Waals surface area (Å²) in [6.45, 7) is 1.49. The van der Waals surface area contributed by atoms with E-state index in [1.54, 1.807) is 0 Å². The van der Waals surface area contributed by atoms with Crippen molar-refractivity contribution < 1.29 is 19.5 Å². The lowest BCUT2D eigenvalue weighted by Gasteiger charge is -2.38. The average Bonchev–Trinajstić information content (AvgIpc) is 2.99. The van der Waals surface area contributed by atoms with Gasteiger partial charge in [0.1, 0.15) is 5.54 Å². The predicted molar refractivity (Wildman–Crippen MR) is 54.5 cm³/mol. The van der Waals surface area contributed by atoms with E-state index in [4.69, 9.17) is 0 Å². The molecule has 1 N–H and O–H groups in total. The van der Waals surface area contributed by atoms with E-state index < -0.39 is 11.5 Å². The lowest BCUT2D eigenvalue weighted by Crippen LogP contribution is -2.60. The molecule has 2 amide bonds. The molecule has 0 spiro atoms. The summed E-state index contributed by atoms with van der Waals surface area (Å²) in [4.78, 5) is 35.8. The third-order valence-corrected chi connectivity index (χ3v) is 3.55. The summed E-state index contributed by atoms with van der Waals surface area (Å²) in [6, 6.07) is 0. The van der Waals surface area contributed by atoms with Gasteiger partial charge in [0.15, 0.2) is 0 Å². The number of piperidine rings is 1. The molecule has 1 saturated carbocycles. The molecule has 0 aromatic carbocycles.